The fourth-order valence-electron chi connectivity index (χ4n) is 1.25. The molecule has 0 aromatic heterocycles. The Morgan fingerprint density at radius 3 is 2.79 bits per heavy atom. The zero-order valence-electron chi connectivity index (χ0n) is 8.21. The lowest BCUT2D eigenvalue weighted by Crippen LogP contribution is -2.40. The Morgan fingerprint density at radius 1 is 1.43 bits per heavy atom. The highest BCUT2D eigenvalue weighted by Crippen LogP contribution is 2.06. The maximum Gasteiger partial charge on any atom is 0.180 e. The Kier molecular flexibility index (Phi) is 4.35. The molecule has 0 unspecified atom stereocenters. The minimum absolute atomic E-state index is 0.485. The summed E-state index contributed by atoms with van der Waals surface area (Å²) in [6.07, 6.45) is 0.953. The van der Waals surface area contributed by atoms with Gasteiger partial charge in [-0.2, -0.15) is 0 Å². The van der Waals surface area contributed by atoms with Gasteiger partial charge < -0.3 is 10.7 Å². The van der Waals surface area contributed by atoms with E-state index in [0.717, 1.165) is 13.0 Å². The first-order chi connectivity index (χ1) is 6.74. The number of hydrazine groups is 1. The lowest BCUT2D eigenvalue weighted by atomic mass is 10.1. The number of hydrogen-bond acceptors (Lipinski definition) is 2. The van der Waals surface area contributed by atoms with Crippen LogP contribution in [0.4, 0.5) is 0 Å². The quantitative estimate of drug-likeness (QED) is 0.393. The number of aryl methyl sites for hydroxylation is 1. The summed E-state index contributed by atoms with van der Waals surface area (Å²) in [5, 5.41) is 3.49. The normalized spacial score (nSPS) is 9.57. The molecule has 4 heteroatoms. The molecule has 0 aliphatic heterocycles. The summed E-state index contributed by atoms with van der Waals surface area (Å²) in [4.78, 5) is 0. The van der Waals surface area contributed by atoms with Crippen molar-refractivity contribution in [1.82, 2.24) is 10.7 Å². The van der Waals surface area contributed by atoms with Gasteiger partial charge in [-0.15, -0.1) is 0 Å². The molecule has 1 rings (SSSR count). The van der Waals surface area contributed by atoms with Crippen LogP contribution in [0.25, 0.3) is 0 Å². The minimum atomic E-state index is 0.485. The molecule has 0 amide bonds. The van der Waals surface area contributed by atoms with Crippen LogP contribution in [0.1, 0.15) is 11.1 Å². The highest BCUT2D eigenvalue weighted by atomic mass is 32.1. The van der Waals surface area contributed by atoms with Gasteiger partial charge in [0.05, 0.1) is 0 Å². The Balaban J connectivity index is 2.39. The average Bonchev–Trinajstić information content (AvgIpc) is 2.20. The zero-order valence-corrected chi connectivity index (χ0v) is 9.03. The second kappa shape index (κ2) is 5.57. The molecule has 0 aliphatic rings. The van der Waals surface area contributed by atoms with Gasteiger partial charge >= 0.3 is 0 Å². The van der Waals surface area contributed by atoms with Crippen molar-refractivity contribution in [1.29, 1.82) is 0 Å². The molecule has 14 heavy (non-hydrogen) atoms. The number of thiocarbonyl (C=S) groups is 1. The molecule has 0 spiro atoms. The molecule has 0 atom stereocenters. The van der Waals surface area contributed by atoms with Crippen LogP contribution in [0, 0.1) is 6.92 Å². The Morgan fingerprint density at radius 2 is 2.14 bits per heavy atom. The first kappa shape index (κ1) is 10.9. The van der Waals surface area contributed by atoms with E-state index in [-0.39, 0.29) is 0 Å². The largest absolute Gasteiger partial charge is 0.361 e. The van der Waals surface area contributed by atoms with E-state index in [2.05, 4.69) is 29.8 Å². The van der Waals surface area contributed by atoms with Gasteiger partial charge in [0.15, 0.2) is 5.11 Å². The van der Waals surface area contributed by atoms with E-state index in [1.54, 1.807) is 0 Å². The van der Waals surface area contributed by atoms with Crippen LogP contribution in [-0.4, -0.2) is 11.7 Å². The third kappa shape index (κ3) is 3.32. The third-order valence-electron chi connectivity index (χ3n) is 2.07. The van der Waals surface area contributed by atoms with E-state index in [1.165, 1.54) is 11.1 Å². The van der Waals surface area contributed by atoms with Crippen molar-refractivity contribution < 1.29 is 0 Å². The van der Waals surface area contributed by atoms with Crippen molar-refractivity contribution in [2.75, 3.05) is 6.54 Å². The fourth-order valence-corrected chi connectivity index (χ4v) is 1.35. The molecule has 3 nitrogen and oxygen atoms in total. The Labute approximate surface area is 89.7 Å². The van der Waals surface area contributed by atoms with Crippen LogP contribution < -0.4 is 16.6 Å². The average molecular weight is 209 g/mol. The first-order valence-corrected chi connectivity index (χ1v) is 4.94. The lowest BCUT2D eigenvalue weighted by molar-refractivity contribution is 0.832. The smallest absolute Gasteiger partial charge is 0.180 e. The van der Waals surface area contributed by atoms with Crippen LogP contribution >= 0.6 is 12.2 Å². The van der Waals surface area contributed by atoms with Gasteiger partial charge in [0.25, 0.3) is 0 Å². The fraction of sp³-hybridized carbons (Fsp3) is 0.300. The molecule has 1 aromatic carbocycles. The number of hydrogen-bond donors (Lipinski definition) is 3. The van der Waals surface area contributed by atoms with Crippen LogP contribution in [-0.2, 0) is 6.42 Å². The summed E-state index contributed by atoms with van der Waals surface area (Å²) in [5.41, 5.74) is 5.03. The van der Waals surface area contributed by atoms with Crippen molar-refractivity contribution in [3.8, 4) is 0 Å². The van der Waals surface area contributed by atoms with Crippen LogP contribution in [0.5, 0.6) is 0 Å². The SMILES string of the molecule is Cc1ccccc1CCNC(=S)NN. The van der Waals surface area contributed by atoms with Gasteiger partial charge in [-0.25, -0.2) is 5.84 Å². The van der Waals surface area contributed by atoms with Gasteiger partial charge in [0, 0.05) is 6.54 Å². The zero-order chi connectivity index (χ0) is 10.4. The van der Waals surface area contributed by atoms with Crippen molar-refractivity contribution in [2.24, 2.45) is 5.84 Å². The van der Waals surface area contributed by atoms with E-state index in [9.17, 15) is 0 Å². The predicted molar refractivity (Wildman–Crippen MR) is 62.8 cm³/mol. The number of benzene rings is 1. The summed E-state index contributed by atoms with van der Waals surface area (Å²) < 4.78 is 0. The van der Waals surface area contributed by atoms with Crippen LogP contribution in [0.15, 0.2) is 24.3 Å². The molecule has 76 valence electrons. The van der Waals surface area contributed by atoms with Crippen molar-refractivity contribution >= 4 is 17.3 Å². The standard InChI is InChI=1S/C10H15N3S/c1-8-4-2-3-5-9(8)6-7-12-10(14)13-11/h2-5H,6-7,11H2,1H3,(H2,12,13,14). The van der Waals surface area contributed by atoms with Gasteiger partial charge in [-0.3, -0.25) is 0 Å². The van der Waals surface area contributed by atoms with Crippen molar-refractivity contribution in [3.05, 3.63) is 35.4 Å². The monoisotopic (exact) mass is 209 g/mol. The number of nitrogens with two attached hydrogens (primary N) is 1. The maximum absolute atomic E-state index is 5.13. The first-order valence-electron chi connectivity index (χ1n) is 4.53. The second-order valence-corrected chi connectivity index (χ2v) is 3.48. The van der Waals surface area contributed by atoms with Crippen molar-refractivity contribution in [2.45, 2.75) is 13.3 Å². The van der Waals surface area contributed by atoms with Gasteiger partial charge in [0.2, 0.25) is 0 Å². The molecule has 0 bridgehead atoms. The van der Waals surface area contributed by atoms with E-state index in [0.29, 0.717) is 5.11 Å². The summed E-state index contributed by atoms with van der Waals surface area (Å²) in [5.74, 6) is 5.13. The third-order valence-corrected chi connectivity index (χ3v) is 2.33. The number of nitrogens with one attached hydrogen (secondary N) is 2. The van der Waals surface area contributed by atoms with E-state index >= 15 is 0 Å². The summed E-state index contributed by atoms with van der Waals surface area (Å²) in [6, 6.07) is 8.31. The second-order valence-electron chi connectivity index (χ2n) is 3.08. The molecule has 0 fully saturated rings. The topological polar surface area (TPSA) is 50.1 Å². The molecule has 1 aromatic rings. The van der Waals surface area contributed by atoms with E-state index < -0.39 is 0 Å². The molecular formula is C10H15N3S. The molecule has 0 saturated heterocycles. The van der Waals surface area contributed by atoms with Gasteiger partial charge in [0.1, 0.15) is 0 Å². The molecule has 0 radical (unpaired) electrons. The molecule has 0 heterocycles. The number of rotatable bonds is 3. The predicted octanol–water partition coefficient (Wildman–Crippen LogP) is 0.875. The minimum Gasteiger partial charge on any atom is -0.361 e. The molecule has 0 aliphatic carbocycles. The van der Waals surface area contributed by atoms with Gasteiger partial charge in [-0.1, -0.05) is 24.3 Å². The Hall–Kier alpha value is -1.13. The molecular weight excluding hydrogens is 194 g/mol. The highest BCUT2D eigenvalue weighted by molar-refractivity contribution is 7.80. The van der Waals surface area contributed by atoms with Crippen LogP contribution in [0.3, 0.4) is 0 Å². The van der Waals surface area contributed by atoms with E-state index in [1.807, 2.05) is 12.1 Å². The van der Waals surface area contributed by atoms with Gasteiger partial charge in [-0.05, 0) is 36.7 Å². The summed E-state index contributed by atoms with van der Waals surface area (Å²) >= 11 is 4.86. The molecule has 0 saturated carbocycles. The molecule has 4 N–H and O–H groups in total. The van der Waals surface area contributed by atoms with Crippen LogP contribution in [0.2, 0.25) is 0 Å². The maximum atomic E-state index is 5.13. The summed E-state index contributed by atoms with van der Waals surface area (Å²) in [7, 11) is 0. The summed E-state index contributed by atoms with van der Waals surface area (Å²) in [6.45, 7) is 2.91. The van der Waals surface area contributed by atoms with E-state index in [4.69, 9.17) is 18.1 Å². The van der Waals surface area contributed by atoms with Crippen molar-refractivity contribution in [3.63, 3.8) is 0 Å². The highest BCUT2D eigenvalue weighted by Gasteiger charge is 1.96. The lowest BCUT2D eigenvalue weighted by Gasteiger charge is -2.08. The Bertz CT molecular complexity index is 312.